The molecule has 0 spiro atoms. The van der Waals surface area contributed by atoms with Crippen LogP contribution in [0.1, 0.15) is 12.0 Å². The number of nitrogens with one attached hydrogen (secondary N) is 1. The number of piperidine rings is 1. The molecule has 2 saturated heterocycles. The second-order valence-electron chi connectivity index (χ2n) is 4.93. The number of hydrogen-bond acceptors (Lipinski definition) is 3. The first-order valence-corrected chi connectivity index (χ1v) is 6.54. The van der Waals surface area contributed by atoms with Crippen LogP contribution >= 0.6 is 0 Å². The summed E-state index contributed by atoms with van der Waals surface area (Å²) in [4.78, 5) is 2.59. The van der Waals surface area contributed by atoms with E-state index < -0.39 is 0 Å². The van der Waals surface area contributed by atoms with Crippen molar-refractivity contribution in [3.8, 4) is 0 Å². The van der Waals surface area contributed by atoms with Gasteiger partial charge in [-0.25, -0.2) is 0 Å². The zero-order valence-electron chi connectivity index (χ0n) is 10.1. The van der Waals surface area contributed by atoms with Crippen LogP contribution in [0.3, 0.4) is 0 Å². The molecule has 2 fully saturated rings. The van der Waals surface area contributed by atoms with E-state index in [1.807, 2.05) is 0 Å². The first-order chi connectivity index (χ1) is 8.43. The van der Waals surface area contributed by atoms with E-state index in [4.69, 9.17) is 4.74 Å². The van der Waals surface area contributed by atoms with Crippen LogP contribution in [0.4, 0.5) is 0 Å². The summed E-state index contributed by atoms with van der Waals surface area (Å²) in [5, 5.41) is 3.42. The van der Waals surface area contributed by atoms with Crippen molar-refractivity contribution in [1.29, 1.82) is 0 Å². The summed E-state index contributed by atoms with van der Waals surface area (Å²) in [6, 6.07) is 11.4. The Morgan fingerprint density at radius 3 is 3.06 bits per heavy atom. The van der Waals surface area contributed by atoms with Gasteiger partial charge in [0.15, 0.2) is 0 Å². The number of morpholine rings is 1. The second kappa shape index (κ2) is 5.17. The van der Waals surface area contributed by atoms with E-state index in [1.165, 1.54) is 12.0 Å². The van der Waals surface area contributed by atoms with Crippen LogP contribution in [0.5, 0.6) is 0 Å². The summed E-state index contributed by atoms with van der Waals surface area (Å²) in [5.41, 5.74) is 1.41. The van der Waals surface area contributed by atoms with Gasteiger partial charge in [0.2, 0.25) is 0 Å². The normalized spacial score (nSPS) is 29.9. The van der Waals surface area contributed by atoms with E-state index in [0.29, 0.717) is 12.1 Å². The zero-order chi connectivity index (χ0) is 11.5. The molecule has 2 heterocycles. The third-order valence-electron chi connectivity index (χ3n) is 3.80. The molecule has 0 aliphatic carbocycles. The van der Waals surface area contributed by atoms with Gasteiger partial charge in [-0.15, -0.1) is 0 Å². The molecule has 0 amide bonds. The van der Waals surface area contributed by atoms with Crippen LogP contribution in [0.25, 0.3) is 0 Å². The topological polar surface area (TPSA) is 24.5 Å². The summed E-state index contributed by atoms with van der Waals surface area (Å²) >= 11 is 0. The number of hydrogen-bond donors (Lipinski definition) is 1. The summed E-state index contributed by atoms with van der Waals surface area (Å²) < 4.78 is 5.85. The minimum absolute atomic E-state index is 0.390. The lowest BCUT2D eigenvalue weighted by atomic mass is 9.99. The van der Waals surface area contributed by atoms with Crippen molar-refractivity contribution in [3.63, 3.8) is 0 Å². The van der Waals surface area contributed by atoms with Crippen LogP contribution in [-0.2, 0) is 11.3 Å². The van der Waals surface area contributed by atoms with E-state index >= 15 is 0 Å². The molecule has 92 valence electrons. The highest BCUT2D eigenvalue weighted by molar-refractivity contribution is 5.15. The fourth-order valence-corrected chi connectivity index (χ4v) is 2.91. The van der Waals surface area contributed by atoms with Gasteiger partial charge in [0.1, 0.15) is 0 Å². The minimum atomic E-state index is 0.390. The standard InChI is InChI=1S/C14H20N2O/c1-2-4-12(5-3-1)11-16-8-9-17-14-10-15-7-6-13(14)16/h1-5,13-15H,6-11H2/t13-,14-/m0/s1. The molecule has 3 heteroatoms. The summed E-state index contributed by atoms with van der Waals surface area (Å²) in [5.74, 6) is 0. The van der Waals surface area contributed by atoms with Gasteiger partial charge in [0.05, 0.1) is 12.7 Å². The zero-order valence-corrected chi connectivity index (χ0v) is 10.1. The van der Waals surface area contributed by atoms with Crippen molar-refractivity contribution in [3.05, 3.63) is 35.9 Å². The maximum absolute atomic E-state index is 5.85. The van der Waals surface area contributed by atoms with Gasteiger partial charge in [0.25, 0.3) is 0 Å². The Morgan fingerprint density at radius 1 is 1.29 bits per heavy atom. The first kappa shape index (κ1) is 11.2. The molecule has 0 aromatic heterocycles. The maximum Gasteiger partial charge on any atom is 0.0855 e. The lowest BCUT2D eigenvalue weighted by molar-refractivity contribution is -0.0842. The van der Waals surface area contributed by atoms with Gasteiger partial charge < -0.3 is 10.1 Å². The average molecular weight is 232 g/mol. The first-order valence-electron chi connectivity index (χ1n) is 6.54. The molecule has 0 unspecified atom stereocenters. The third-order valence-corrected chi connectivity index (χ3v) is 3.80. The fraction of sp³-hybridized carbons (Fsp3) is 0.571. The van der Waals surface area contributed by atoms with Crippen molar-refractivity contribution in [2.24, 2.45) is 0 Å². The molecule has 3 nitrogen and oxygen atoms in total. The highest BCUT2D eigenvalue weighted by atomic mass is 16.5. The van der Waals surface area contributed by atoms with Crippen molar-refractivity contribution in [2.45, 2.75) is 25.1 Å². The quantitative estimate of drug-likeness (QED) is 0.830. The van der Waals surface area contributed by atoms with Crippen molar-refractivity contribution in [1.82, 2.24) is 10.2 Å². The highest BCUT2D eigenvalue weighted by Gasteiger charge is 2.33. The number of ether oxygens (including phenoxy) is 1. The molecular weight excluding hydrogens is 212 g/mol. The van der Waals surface area contributed by atoms with Crippen LogP contribution in [0.15, 0.2) is 30.3 Å². The molecule has 2 atom stereocenters. The van der Waals surface area contributed by atoms with Crippen LogP contribution in [-0.4, -0.2) is 43.3 Å². The Morgan fingerprint density at radius 2 is 2.18 bits per heavy atom. The maximum atomic E-state index is 5.85. The van der Waals surface area contributed by atoms with Crippen molar-refractivity contribution < 1.29 is 4.74 Å². The smallest absolute Gasteiger partial charge is 0.0855 e. The Balaban J connectivity index is 1.69. The molecule has 2 aliphatic rings. The Kier molecular flexibility index (Phi) is 3.41. The lowest BCUT2D eigenvalue weighted by Crippen LogP contribution is -2.57. The molecule has 17 heavy (non-hydrogen) atoms. The lowest BCUT2D eigenvalue weighted by Gasteiger charge is -2.44. The van der Waals surface area contributed by atoms with E-state index in [0.717, 1.165) is 32.8 Å². The van der Waals surface area contributed by atoms with Gasteiger partial charge >= 0.3 is 0 Å². The fourth-order valence-electron chi connectivity index (χ4n) is 2.91. The Labute approximate surface area is 103 Å². The average Bonchev–Trinajstić information content (AvgIpc) is 2.40. The molecule has 1 aromatic rings. The second-order valence-corrected chi connectivity index (χ2v) is 4.93. The highest BCUT2D eigenvalue weighted by Crippen LogP contribution is 2.21. The predicted molar refractivity (Wildman–Crippen MR) is 67.9 cm³/mol. The number of nitrogens with zero attached hydrogens (tertiary/aromatic N) is 1. The van der Waals surface area contributed by atoms with Gasteiger partial charge in [0, 0.05) is 25.7 Å². The van der Waals surface area contributed by atoms with Gasteiger partial charge in [-0.3, -0.25) is 4.90 Å². The molecule has 0 saturated carbocycles. The summed E-state index contributed by atoms with van der Waals surface area (Å²) in [6.45, 7) is 5.13. The predicted octanol–water partition coefficient (Wildman–Crippen LogP) is 1.25. The van der Waals surface area contributed by atoms with Crippen molar-refractivity contribution in [2.75, 3.05) is 26.2 Å². The van der Waals surface area contributed by atoms with E-state index in [2.05, 4.69) is 40.5 Å². The molecule has 1 N–H and O–H groups in total. The molecule has 3 rings (SSSR count). The van der Waals surface area contributed by atoms with Crippen LogP contribution in [0, 0.1) is 0 Å². The van der Waals surface area contributed by atoms with Crippen LogP contribution < -0.4 is 5.32 Å². The Bertz CT molecular complexity index is 352. The number of benzene rings is 1. The van der Waals surface area contributed by atoms with Gasteiger partial charge in [-0.2, -0.15) is 0 Å². The van der Waals surface area contributed by atoms with E-state index in [-0.39, 0.29) is 0 Å². The van der Waals surface area contributed by atoms with Gasteiger partial charge in [-0.1, -0.05) is 30.3 Å². The van der Waals surface area contributed by atoms with Crippen molar-refractivity contribution >= 4 is 0 Å². The third kappa shape index (κ3) is 2.51. The Hall–Kier alpha value is -0.900. The summed E-state index contributed by atoms with van der Waals surface area (Å²) in [6.07, 6.45) is 1.60. The number of fused-ring (bicyclic) bond motifs is 1. The largest absolute Gasteiger partial charge is 0.374 e. The van der Waals surface area contributed by atoms with Crippen LogP contribution in [0.2, 0.25) is 0 Å². The minimum Gasteiger partial charge on any atom is -0.374 e. The van der Waals surface area contributed by atoms with E-state index in [1.54, 1.807) is 0 Å². The SMILES string of the molecule is c1ccc(CN2CCO[C@H]3CNCC[C@@H]32)cc1. The summed E-state index contributed by atoms with van der Waals surface area (Å²) in [7, 11) is 0. The molecule has 1 aromatic carbocycles. The molecule has 2 aliphatic heterocycles. The van der Waals surface area contributed by atoms with Gasteiger partial charge in [-0.05, 0) is 18.5 Å². The van der Waals surface area contributed by atoms with E-state index in [9.17, 15) is 0 Å². The molecular formula is C14H20N2O. The monoisotopic (exact) mass is 232 g/mol. The number of rotatable bonds is 2. The molecule has 0 bridgehead atoms. The molecule has 0 radical (unpaired) electrons.